The van der Waals surface area contributed by atoms with Crippen LogP contribution in [0.3, 0.4) is 0 Å². The molecule has 0 fully saturated rings. The molecule has 0 unspecified atom stereocenters. The van der Waals surface area contributed by atoms with Crippen molar-refractivity contribution in [2.75, 3.05) is 5.73 Å². The van der Waals surface area contributed by atoms with Gasteiger partial charge in [-0.3, -0.25) is 0 Å². The summed E-state index contributed by atoms with van der Waals surface area (Å²) in [5.74, 6) is -0.810. The fraction of sp³-hybridized carbons (Fsp3) is 0.0909. The van der Waals surface area contributed by atoms with Crippen LogP contribution in [0.5, 0.6) is 0 Å². The average molecular weight is 268 g/mol. The molecule has 0 aliphatic rings. The van der Waals surface area contributed by atoms with Gasteiger partial charge in [-0.2, -0.15) is 0 Å². The highest BCUT2D eigenvalue weighted by atomic mass is 32.2. The Balaban J connectivity index is 2.04. The smallest absolute Gasteiger partial charge is 0.358 e. The zero-order chi connectivity index (χ0) is 13.1. The first-order valence-electron chi connectivity index (χ1n) is 4.92. The van der Waals surface area contributed by atoms with E-state index in [1.165, 1.54) is 30.0 Å². The van der Waals surface area contributed by atoms with Gasteiger partial charge < -0.3 is 15.4 Å². The van der Waals surface area contributed by atoms with Gasteiger partial charge in [-0.1, -0.05) is 5.16 Å². The van der Waals surface area contributed by atoms with Gasteiger partial charge in [0.15, 0.2) is 5.69 Å². The molecule has 0 spiro atoms. The lowest BCUT2D eigenvalue weighted by molar-refractivity contribution is 0.0685. The van der Waals surface area contributed by atoms with Crippen molar-refractivity contribution in [2.24, 2.45) is 0 Å². The number of rotatable bonds is 4. The molecule has 5 nitrogen and oxygen atoms in total. The molecule has 0 atom stereocenters. The minimum atomic E-state index is -1.15. The number of anilines is 1. The fourth-order valence-corrected chi connectivity index (χ4v) is 2.16. The second kappa shape index (κ2) is 5.09. The molecule has 0 saturated carbocycles. The summed E-state index contributed by atoms with van der Waals surface area (Å²) in [4.78, 5) is 11.2. The van der Waals surface area contributed by atoms with Crippen molar-refractivity contribution in [3.63, 3.8) is 0 Å². The summed E-state index contributed by atoms with van der Waals surface area (Å²) in [5, 5.41) is 12.0. The van der Waals surface area contributed by atoms with Crippen LogP contribution in [0.4, 0.5) is 10.1 Å². The van der Waals surface area contributed by atoms with Crippen molar-refractivity contribution in [3.05, 3.63) is 41.5 Å². The lowest BCUT2D eigenvalue weighted by Gasteiger charge is -2.01. The number of benzene rings is 1. The maximum absolute atomic E-state index is 13.1. The highest BCUT2D eigenvalue weighted by Crippen LogP contribution is 2.25. The number of halogens is 1. The predicted octanol–water partition coefficient (Wildman–Crippen LogP) is 2.39. The number of carbonyl (C=O) groups is 1. The van der Waals surface area contributed by atoms with E-state index in [0.29, 0.717) is 22.1 Å². The molecule has 2 rings (SSSR count). The van der Waals surface area contributed by atoms with Crippen molar-refractivity contribution in [3.8, 4) is 0 Å². The molecule has 1 aromatic carbocycles. The Bertz CT molecular complexity index is 565. The maximum atomic E-state index is 13.1. The Morgan fingerprint density at radius 3 is 2.83 bits per heavy atom. The van der Waals surface area contributed by atoms with E-state index >= 15 is 0 Å². The van der Waals surface area contributed by atoms with Crippen LogP contribution < -0.4 is 5.73 Å². The number of nitrogens with zero attached hydrogens (tertiary/aromatic N) is 1. The van der Waals surface area contributed by atoms with Gasteiger partial charge in [0, 0.05) is 16.6 Å². The Labute approximate surface area is 106 Å². The standard InChI is InChI=1S/C11H9FN2O3S/c12-6-1-7(13)3-9(2-6)18-5-8-4-10(11(15)16)14-17-8/h1-4H,5,13H2,(H,15,16). The van der Waals surface area contributed by atoms with E-state index < -0.39 is 11.8 Å². The van der Waals surface area contributed by atoms with Crippen LogP contribution in [-0.4, -0.2) is 16.2 Å². The molecule has 0 bridgehead atoms. The Kier molecular flexibility index (Phi) is 3.52. The Hall–Kier alpha value is -2.02. The largest absolute Gasteiger partial charge is 0.476 e. The highest BCUT2D eigenvalue weighted by molar-refractivity contribution is 7.98. The zero-order valence-electron chi connectivity index (χ0n) is 9.09. The van der Waals surface area contributed by atoms with Gasteiger partial charge in [-0.05, 0) is 18.2 Å². The van der Waals surface area contributed by atoms with Crippen LogP contribution in [0, 0.1) is 5.82 Å². The zero-order valence-corrected chi connectivity index (χ0v) is 9.91. The van der Waals surface area contributed by atoms with Gasteiger partial charge in [0.25, 0.3) is 0 Å². The van der Waals surface area contributed by atoms with Crippen LogP contribution in [0.15, 0.2) is 33.7 Å². The predicted molar refractivity (Wildman–Crippen MR) is 63.8 cm³/mol. The summed E-state index contributed by atoms with van der Waals surface area (Å²) in [5.41, 5.74) is 5.69. The lowest BCUT2D eigenvalue weighted by Crippen LogP contribution is -1.94. The van der Waals surface area contributed by atoms with Crippen LogP contribution in [0.25, 0.3) is 0 Å². The number of thioether (sulfide) groups is 1. The van der Waals surface area contributed by atoms with E-state index in [9.17, 15) is 9.18 Å². The summed E-state index contributed by atoms with van der Waals surface area (Å²) < 4.78 is 17.9. The van der Waals surface area contributed by atoms with E-state index in [4.69, 9.17) is 15.4 Å². The minimum Gasteiger partial charge on any atom is -0.476 e. The Morgan fingerprint density at radius 1 is 1.44 bits per heavy atom. The van der Waals surface area contributed by atoms with E-state index in [2.05, 4.69) is 5.16 Å². The maximum Gasteiger partial charge on any atom is 0.358 e. The van der Waals surface area contributed by atoms with E-state index in [1.807, 2.05) is 0 Å². The second-order valence-electron chi connectivity index (χ2n) is 3.49. The molecule has 3 N–H and O–H groups in total. The van der Waals surface area contributed by atoms with Gasteiger partial charge >= 0.3 is 5.97 Å². The van der Waals surface area contributed by atoms with Crippen LogP contribution in [0.2, 0.25) is 0 Å². The lowest BCUT2D eigenvalue weighted by atomic mass is 10.3. The summed E-state index contributed by atoms with van der Waals surface area (Å²) in [7, 11) is 0. The van der Waals surface area contributed by atoms with Crippen LogP contribution >= 0.6 is 11.8 Å². The SMILES string of the molecule is Nc1cc(F)cc(SCc2cc(C(=O)O)no2)c1. The first-order chi connectivity index (χ1) is 8.54. The highest BCUT2D eigenvalue weighted by Gasteiger charge is 2.11. The molecule has 0 saturated heterocycles. The molecule has 18 heavy (non-hydrogen) atoms. The number of nitrogens with two attached hydrogens (primary N) is 1. The average Bonchev–Trinajstić information content (AvgIpc) is 2.73. The molecule has 7 heteroatoms. The summed E-state index contributed by atoms with van der Waals surface area (Å²) >= 11 is 1.28. The summed E-state index contributed by atoms with van der Waals surface area (Å²) in [6.45, 7) is 0. The Morgan fingerprint density at radius 2 is 2.22 bits per heavy atom. The van der Waals surface area contributed by atoms with Gasteiger partial charge in [0.2, 0.25) is 0 Å². The van der Waals surface area contributed by atoms with Gasteiger partial charge in [0.05, 0.1) is 5.75 Å². The number of carboxylic acids is 1. The van der Waals surface area contributed by atoms with Crippen LogP contribution in [0.1, 0.15) is 16.2 Å². The molecule has 1 aromatic heterocycles. The number of hydrogen-bond donors (Lipinski definition) is 2. The molecule has 0 aliphatic heterocycles. The van der Waals surface area contributed by atoms with Crippen molar-refractivity contribution in [1.29, 1.82) is 0 Å². The normalized spacial score (nSPS) is 10.5. The van der Waals surface area contributed by atoms with Gasteiger partial charge in [0.1, 0.15) is 11.6 Å². The van der Waals surface area contributed by atoms with E-state index in [-0.39, 0.29) is 5.69 Å². The van der Waals surface area contributed by atoms with Gasteiger partial charge in [-0.25, -0.2) is 9.18 Å². The third kappa shape index (κ3) is 3.01. The number of aromatic nitrogens is 1. The number of hydrogen-bond acceptors (Lipinski definition) is 5. The molecule has 0 aliphatic carbocycles. The van der Waals surface area contributed by atoms with E-state index in [0.717, 1.165) is 0 Å². The topological polar surface area (TPSA) is 89.4 Å². The van der Waals surface area contributed by atoms with Crippen molar-refractivity contribution in [2.45, 2.75) is 10.6 Å². The monoisotopic (exact) mass is 268 g/mol. The minimum absolute atomic E-state index is 0.149. The number of aromatic carboxylic acids is 1. The third-order valence-corrected chi connectivity index (χ3v) is 3.05. The second-order valence-corrected chi connectivity index (χ2v) is 4.54. The molecular weight excluding hydrogens is 259 g/mol. The molecule has 2 aromatic rings. The summed E-state index contributed by atoms with van der Waals surface area (Å²) in [6.07, 6.45) is 0. The quantitative estimate of drug-likeness (QED) is 0.653. The molecule has 0 amide bonds. The van der Waals surface area contributed by atoms with Crippen molar-refractivity contribution >= 4 is 23.4 Å². The van der Waals surface area contributed by atoms with Crippen molar-refractivity contribution < 1.29 is 18.8 Å². The van der Waals surface area contributed by atoms with Crippen LogP contribution in [-0.2, 0) is 5.75 Å². The van der Waals surface area contributed by atoms with Crippen molar-refractivity contribution in [1.82, 2.24) is 5.16 Å². The number of nitrogen functional groups attached to an aromatic ring is 1. The summed E-state index contributed by atoms with van der Waals surface area (Å²) in [6, 6.07) is 5.52. The molecule has 94 valence electrons. The molecular formula is C11H9FN2O3S. The first kappa shape index (κ1) is 12.4. The van der Waals surface area contributed by atoms with Gasteiger partial charge in [-0.15, -0.1) is 11.8 Å². The fourth-order valence-electron chi connectivity index (χ4n) is 1.30. The number of carboxylic acid groups (broad SMARTS) is 1. The first-order valence-corrected chi connectivity index (χ1v) is 5.91. The molecule has 0 radical (unpaired) electrons. The molecule has 1 heterocycles. The van der Waals surface area contributed by atoms with E-state index in [1.54, 1.807) is 6.07 Å². The third-order valence-electron chi connectivity index (χ3n) is 2.05.